The van der Waals surface area contributed by atoms with Crippen LogP contribution in [0.3, 0.4) is 0 Å². The van der Waals surface area contributed by atoms with Gasteiger partial charge in [-0.25, -0.2) is 8.42 Å². The highest BCUT2D eigenvalue weighted by Gasteiger charge is 2.20. The highest BCUT2D eigenvalue weighted by atomic mass is 79.9. The molecule has 0 saturated heterocycles. The van der Waals surface area contributed by atoms with Gasteiger partial charge in [-0.15, -0.1) is 0 Å². The highest BCUT2D eigenvalue weighted by molar-refractivity contribution is 9.13. The van der Waals surface area contributed by atoms with Crippen LogP contribution in [0.2, 0.25) is 0 Å². The van der Waals surface area contributed by atoms with Crippen LogP contribution in [0.1, 0.15) is 12.5 Å². The van der Waals surface area contributed by atoms with Crippen molar-refractivity contribution < 1.29 is 8.42 Å². The lowest BCUT2D eigenvalue weighted by Gasteiger charge is -2.06. The van der Waals surface area contributed by atoms with E-state index in [-0.39, 0.29) is 5.75 Å². The highest BCUT2D eigenvalue weighted by Crippen LogP contribution is 2.25. The first-order chi connectivity index (χ1) is 7.36. The third-order valence-corrected chi connectivity index (χ3v) is 5.87. The summed E-state index contributed by atoms with van der Waals surface area (Å²) in [7, 11) is -3.39. The van der Waals surface area contributed by atoms with Crippen LogP contribution in [0.15, 0.2) is 27.1 Å². The minimum Gasteiger partial charge on any atom is -0.227 e. The fourth-order valence-electron chi connectivity index (χ4n) is 1.07. The van der Waals surface area contributed by atoms with Crippen molar-refractivity contribution in [2.24, 2.45) is 0 Å². The number of rotatable bonds is 3. The van der Waals surface area contributed by atoms with Gasteiger partial charge in [0.05, 0.1) is 11.8 Å². The second kappa shape index (κ2) is 5.30. The molecule has 0 aliphatic heterocycles. The van der Waals surface area contributed by atoms with Crippen LogP contribution >= 0.6 is 31.9 Å². The van der Waals surface area contributed by atoms with Gasteiger partial charge in [0.15, 0.2) is 9.84 Å². The van der Waals surface area contributed by atoms with Gasteiger partial charge in [-0.3, -0.25) is 0 Å². The van der Waals surface area contributed by atoms with Crippen LogP contribution in [0.5, 0.6) is 0 Å². The molecule has 1 aromatic rings. The second-order valence-corrected chi connectivity index (χ2v) is 7.36. The molecule has 1 rings (SSSR count). The molecular formula is C10H9Br2NO2S. The zero-order valence-electron chi connectivity index (χ0n) is 8.44. The fraction of sp³-hybridized carbons (Fsp3) is 0.300. The van der Waals surface area contributed by atoms with E-state index in [1.165, 1.54) is 6.92 Å². The number of benzene rings is 1. The summed E-state index contributed by atoms with van der Waals surface area (Å²) in [4.78, 5) is 0. The summed E-state index contributed by atoms with van der Waals surface area (Å²) in [6, 6.07) is 6.96. The summed E-state index contributed by atoms with van der Waals surface area (Å²) in [5, 5.41) is 7.62. The van der Waals surface area contributed by atoms with Gasteiger partial charge >= 0.3 is 0 Å². The molecule has 0 radical (unpaired) electrons. The van der Waals surface area contributed by atoms with Crippen LogP contribution in [0.4, 0.5) is 0 Å². The van der Waals surface area contributed by atoms with Crippen molar-refractivity contribution in [3.63, 3.8) is 0 Å². The first kappa shape index (κ1) is 13.7. The molecule has 86 valence electrons. The fourth-order valence-corrected chi connectivity index (χ4v) is 2.79. The molecule has 0 saturated carbocycles. The molecule has 0 bridgehead atoms. The lowest BCUT2D eigenvalue weighted by molar-refractivity contribution is 0.591. The first-order valence-corrected chi connectivity index (χ1v) is 7.72. The zero-order valence-corrected chi connectivity index (χ0v) is 12.4. The molecule has 0 amide bonds. The van der Waals surface area contributed by atoms with Crippen LogP contribution < -0.4 is 0 Å². The van der Waals surface area contributed by atoms with Crippen LogP contribution in [-0.2, 0) is 15.6 Å². The molecule has 16 heavy (non-hydrogen) atoms. The summed E-state index contributed by atoms with van der Waals surface area (Å²) in [6.45, 7) is 1.39. The summed E-state index contributed by atoms with van der Waals surface area (Å²) in [5.74, 6) is -0.117. The molecule has 0 N–H and O–H groups in total. The summed E-state index contributed by atoms with van der Waals surface area (Å²) < 4.78 is 25.0. The number of hydrogen-bond donors (Lipinski definition) is 0. The van der Waals surface area contributed by atoms with E-state index in [0.29, 0.717) is 5.56 Å². The molecule has 1 atom stereocenters. The summed E-state index contributed by atoms with van der Waals surface area (Å²) in [5.41, 5.74) is 0.664. The molecule has 3 nitrogen and oxygen atoms in total. The third kappa shape index (κ3) is 3.30. The SMILES string of the molecule is CC(C#N)S(=O)(=O)Cc1ccc(Br)c(Br)c1. The van der Waals surface area contributed by atoms with E-state index in [0.717, 1.165) is 8.95 Å². The average Bonchev–Trinajstić information content (AvgIpc) is 2.22. The van der Waals surface area contributed by atoms with E-state index >= 15 is 0 Å². The van der Waals surface area contributed by atoms with Crippen molar-refractivity contribution in [2.45, 2.75) is 17.9 Å². The van der Waals surface area contributed by atoms with E-state index in [1.807, 2.05) is 0 Å². The number of nitrogens with zero attached hydrogens (tertiary/aromatic N) is 1. The maximum absolute atomic E-state index is 11.7. The number of sulfone groups is 1. The van der Waals surface area contributed by atoms with E-state index in [9.17, 15) is 8.42 Å². The van der Waals surface area contributed by atoms with E-state index in [1.54, 1.807) is 24.3 Å². The average molecular weight is 367 g/mol. The quantitative estimate of drug-likeness (QED) is 0.825. The van der Waals surface area contributed by atoms with Gasteiger partial charge in [-0.1, -0.05) is 6.07 Å². The van der Waals surface area contributed by atoms with Gasteiger partial charge < -0.3 is 0 Å². The molecule has 0 aliphatic rings. The van der Waals surface area contributed by atoms with E-state index in [4.69, 9.17) is 5.26 Å². The molecular weight excluding hydrogens is 358 g/mol. The largest absolute Gasteiger partial charge is 0.227 e. The molecule has 1 unspecified atom stereocenters. The predicted molar refractivity (Wildman–Crippen MR) is 69.5 cm³/mol. The molecule has 1 aromatic carbocycles. The normalized spacial score (nSPS) is 13.1. The van der Waals surface area contributed by atoms with Crippen molar-refractivity contribution in [2.75, 3.05) is 0 Å². The van der Waals surface area contributed by atoms with Crippen LogP contribution in [0.25, 0.3) is 0 Å². The molecule has 0 aliphatic carbocycles. The Labute approximate surface area is 112 Å². The van der Waals surface area contributed by atoms with Crippen molar-refractivity contribution in [3.8, 4) is 6.07 Å². The Morgan fingerprint density at radius 3 is 2.50 bits per heavy atom. The number of halogens is 2. The van der Waals surface area contributed by atoms with Crippen molar-refractivity contribution in [1.29, 1.82) is 5.26 Å². The number of hydrogen-bond acceptors (Lipinski definition) is 3. The molecule has 0 aromatic heterocycles. The van der Waals surface area contributed by atoms with Gasteiger partial charge in [0.25, 0.3) is 0 Å². The zero-order chi connectivity index (χ0) is 12.3. The Balaban J connectivity index is 2.98. The van der Waals surface area contributed by atoms with Gasteiger partial charge in [-0.2, -0.15) is 5.26 Å². The predicted octanol–water partition coefficient (Wildman–Crippen LogP) is 3.04. The first-order valence-electron chi connectivity index (χ1n) is 4.42. The van der Waals surface area contributed by atoms with Crippen LogP contribution in [-0.4, -0.2) is 13.7 Å². The topological polar surface area (TPSA) is 57.9 Å². The monoisotopic (exact) mass is 365 g/mol. The standard InChI is InChI=1S/C10H9Br2NO2S/c1-7(5-13)16(14,15)6-8-2-3-9(11)10(12)4-8/h2-4,7H,6H2,1H3. The Morgan fingerprint density at radius 1 is 1.38 bits per heavy atom. The van der Waals surface area contributed by atoms with E-state index < -0.39 is 15.1 Å². The van der Waals surface area contributed by atoms with Crippen molar-refractivity contribution in [3.05, 3.63) is 32.7 Å². The molecule has 6 heteroatoms. The molecule has 0 heterocycles. The maximum Gasteiger partial charge on any atom is 0.170 e. The maximum atomic E-state index is 11.7. The van der Waals surface area contributed by atoms with Gasteiger partial charge in [0.1, 0.15) is 5.25 Å². The minimum absolute atomic E-state index is 0.117. The Hall–Kier alpha value is -0.380. The third-order valence-electron chi connectivity index (χ3n) is 2.07. The minimum atomic E-state index is -3.39. The number of nitriles is 1. The van der Waals surface area contributed by atoms with Crippen molar-refractivity contribution in [1.82, 2.24) is 0 Å². The van der Waals surface area contributed by atoms with Gasteiger partial charge in [0.2, 0.25) is 0 Å². The molecule has 0 fully saturated rings. The van der Waals surface area contributed by atoms with Crippen LogP contribution in [0, 0.1) is 11.3 Å². The molecule has 0 spiro atoms. The Morgan fingerprint density at radius 2 is 2.00 bits per heavy atom. The van der Waals surface area contributed by atoms with Crippen molar-refractivity contribution >= 4 is 41.7 Å². The van der Waals surface area contributed by atoms with E-state index in [2.05, 4.69) is 31.9 Å². The second-order valence-electron chi connectivity index (χ2n) is 3.33. The lowest BCUT2D eigenvalue weighted by atomic mass is 10.2. The Bertz CT molecular complexity index is 534. The summed E-state index contributed by atoms with van der Waals surface area (Å²) in [6.07, 6.45) is 0. The lowest BCUT2D eigenvalue weighted by Crippen LogP contribution is -2.17. The van der Waals surface area contributed by atoms with Gasteiger partial charge in [0, 0.05) is 8.95 Å². The smallest absolute Gasteiger partial charge is 0.170 e. The summed E-state index contributed by atoms with van der Waals surface area (Å²) >= 11 is 6.60. The Kier molecular flexibility index (Phi) is 4.53. The van der Waals surface area contributed by atoms with Gasteiger partial charge in [-0.05, 0) is 56.5 Å².